The molecule has 6 nitrogen and oxygen atoms in total. The third-order valence-corrected chi connectivity index (χ3v) is 6.84. The van der Waals surface area contributed by atoms with Gasteiger partial charge in [0.2, 0.25) is 0 Å². The first-order chi connectivity index (χ1) is 15.7. The smallest absolute Gasteiger partial charge is 0.260 e. The topological polar surface area (TPSA) is 54.9 Å². The number of carbonyl (C=O) groups is 1. The van der Waals surface area contributed by atoms with Crippen molar-refractivity contribution < 1.29 is 14.3 Å². The number of hydrogen-bond acceptors (Lipinski definition) is 6. The van der Waals surface area contributed by atoms with Gasteiger partial charge < -0.3 is 9.47 Å². The molecule has 1 fully saturated rings. The number of ether oxygens (including phenoxy) is 2. The Bertz CT molecular complexity index is 1250. The van der Waals surface area contributed by atoms with E-state index in [1.807, 2.05) is 59.5 Å². The highest BCUT2D eigenvalue weighted by molar-refractivity contribution is 7.22. The Hall–Kier alpha value is -3.00. The lowest BCUT2D eigenvalue weighted by Crippen LogP contribution is -2.43. The molecule has 0 unspecified atom stereocenters. The van der Waals surface area contributed by atoms with E-state index in [0.717, 1.165) is 59.6 Å². The summed E-state index contributed by atoms with van der Waals surface area (Å²) in [7, 11) is 1.65. The van der Waals surface area contributed by atoms with Crippen molar-refractivity contribution in [1.82, 2.24) is 9.88 Å². The molecule has 0 spiro atoms. The third-order valence-electron chi connectivity index (χ3n) is 5.80. The standard InChI is InChI=1S/C25H25N3O3S/c1-30-21-8-9-22-23(17-21)32-25(26-22)28(11-10-27-12-14-31-15-13-27)24(29)20-7-6-18-4-2-3-5-19(18)16-20/h2-9,16-17H,10-15H2,1H3. The van der Waals surface area contributed by atoms with E-state index in [1.54, 1.807) is 7.11 Å². The summed E-state index contributed by atoms with van der Waals surface area (Å²) >= 11 is 1.52. The van der Waals surface area contributed by atoms with Crippen molar-refractivity contribution in [1.29, 1.82) is 0 Å². The molecule has 0 saturated carbocycles. The van der Waals surface area contributed by atoms with E-state index >= 15 is 0 Å². The molecular weight excluding hydrogens is 422 g/mol. The molecule has 0 bridgehead atoms. The second-order valence-corrected chi connectivity index (χ2v) is 8.81. The van der Waals surface area contributed by atoms with E-state index in [-0.39, 0.29) is 5.91 Å². The summed E-state index contributed by atoms with van der Waals surface area (Å²) in [4.78, 5) is 22.6. The van der Waals surface area contributed by atoms with Gasteiger partial charge in [0.05, 0.1) is 30.5 Å². The lowest BCUT2D eigenvalue weighted by atomic mass is 10.1. The van der Waals surface area contributed by atoms with Crippen LogP contribution in [0.5, 0.6) is 5.75 Å². The fourth-order valence-corrected chi connectivity index (χ4v) is 4.98. The Labute approximate surface area is 191 Å². The molecule has 1 aliphatic heterocycles. The number of thiazole rings is 1. The molecule has 0 aliphatic carbocycles. The Balaban J connectivity index is 1.48. The zero-order valence-corrected chi connectivity index (χ0v) is 18.8. The summed E-state index contributed by atoms with van der Waals surface area (Å²) in [5.74, 6) is 0.753. The lowest BCUT2D eigenvalue weighted by Gasteiger charge is -2.29. The van der Waals surface area contributed by atoms with Crippen molar-refractivity contribution in [2.75, 3.05) is 51.4 Å². The zero-order valence-electron chi connectivity index (χ0n) is 18.0. The Kier molecular flexibility index (Phi) is 6.03. The fourth-order valence-electron chi connectivity index (χ4n) is 3.96. The van der Waals surface area contributed by atoms with Gasteiger partial charge in [0.25, 0.3) is 5.91 Å². The predicted octanol–water partition coefficient (Wildman–Crippen LogP) is 4.44. The van der Waals surface area contributed by atoms with Crippen molar-refractivity contribution in [3.05, 3.63) is 66.2 Å². The van der Waals surface area contributed by atoms with Crippen LogP contribution >= 0.6 is 11.3 Å². The number of benzene rings is 3. The molecule has 7 heteroatoms. The normalized spacial score (nSPS) is 14.7. The second-order valence-electron chi connectivity index (χ2n) is 7.80. The molecule has 1 amide bonds. The largest absolute Gasteiger partial charge is 0.497 e. The maximum absolute atomic E-state index is 13.7. The molecule has 1 saturated heterocycles. The number of amides is 1. The summed E-state index contributed by atoms with van der Waals surface area (Å²) < 4.78 is 11.8. The van der Waals surface area contributed by atoms with E-state index < -0.39 is 0 Å². The van der Waals surface area contributed by atoms with E-state index in [2.05, 4.69) is 11.0 Å². The average Bonchev–Trinajstić information content (AvgIpc) is 3.27. The van der Waals surface area contributed by atoms with Crippen molar-refractivity contribution >= 4 is 43.4 Å². The molecule has 1 aromatic heterocycles. The maximum atomic E-state index is 13.7. The van der Waals surface area contributed by atoms with Gasteiger partial charge >= 0.3 is 0 Å². The first-order valence-corrected chi connectivity index (χ1v) is 11.6. The number of methoxy groups -OCH3 is 1. The van der Waals surface area contributed by atoms with Crippen molar-refractivity contribution in [3.8, 4) is 5.75 Å². The molecule has 5 rings (SSSR count). The first kappa shape index (κ1) is 20.9. The highest BCUT2D eigenvalue weighted by atomic mass is 32.1. The Morgan fingerprint density at radius 1 is 1.09 bits per heavy atom. The van der Waals surface area contributed by atoms with Crippen LogP contribution < -0.4 is 9.64 Å². The second kappa shape index (κ2) is 9.24. The SMILES string of the molecule is COc1ccc2nc(N(CCN3CCOCC3)C(=O)c3ccc4ccccc4c3)sc2c1. The predicted molar refractivity (Wildman–Crippen MR) is 129 cm³/mol. The van der Waals surface area contributed by atoms with Crippen LogP contribution in [-0.2, 0) is 4.74 Å². The minimum Gasteiger partial charge on any atom is -0.497 e. The van der Waals surface area contributed by atoms with Gasteiger partial charge in [-0.1, -0.05) is 41.7 Å². The average molecular weight is 448 g/mol. The summed E-state index contributed by atoms with van der Waals surface area (Å²) in [6, 6.07) is 19.8. The molecule has 0 atom stereocenters. The van der Waals surface area contributed by atoms with Crippen LogP contribution in [0, 0.1) is 0 Å². The number of aromatic nitrogens is 1. The number of anilines is 1. The molecular formula is C25H25N3O3S. The third kappa shape index (κ3) is 4.32. The van der Waals surface area contributed by atoms with Gasteiger partial charge in [-0.25, -0.2) is 4.98 Å². The molecule has 2 heterocycles. The molecule has 0 radical (unpaired) electrons. The van der Waals surface area contributed by atoms with Crippen LogP contribution in [0.2, 0.25) is 0 Å². The van der Waals surface area contributed by atoms with Crippen LogP contribution in [0.4, 0.5) is 5.13 Å². The summed E-state index contributed by atoms with van der Waals surface area (Å²) in [6.45, 7) is 4.59. The maximum Gasteiger partial charge on any atom is 0.260 e. The van der Waals surface area contributed by atoms with Gasteiger partial charge in [0, 0.05) is 31.7 Å². The van der Waals surface area contributed by atoms with Crippen LogP contribution in [-0.4, -0.2) is 62.3 Å². The van der Waals surface area contributed by atoms with E-state index in [1.165, 1.54) is 11.3 Å². The number of nitrogens with zero attached hydrogens (tertiary/aromatic N) is 3. The van der Waals surface area contributed by atoms with Crippen LogP contribution in [0.1, 0.15) is 10.4 Å². The Morgan fingerprint density at radius 2 is 1.91 bits per heavy atom. The molecule has 4 aromatic rings. The minimum absolute atomic E-state index is 0.0324. The van der Waals surface area contributed by atoms with Crippen molar-refractivity contribution in [3.63, 3.8) is 0 Å². The van der Waals surface area contributed by atoms with Gasteiger partial charge in [-0.05, 0) is 41.1 Å². The molecule has 32 heavy (non-hydrogen) atoms. The number of carbonyl (C=O) groups excluding carboxylic acids is 1. The van der Waals surface area contributed by atoms with E-state index in [9.17, 15) is 4.79 Å². The van der Waals surface area contributed by atoms with E-state index in [4.69, 9.17) is 14.5 Å². The van der Waals surface area contributed by atoms with Crippen molar-refractivity contribution in [2.45, 2.75) is 0 Å². The lowest BCUT2D eigenvalue weighted by molar-refractivity contribution is 0.0391. The molecule has 0 N–H and O–H groups in total. The molecule has 1 aliphatic rings. The Morgan fingerprint density at radius 3 is 2.72 bits per heavy atom. The minimum atomic E-state index is -0.0324. The highest BCUT2D eigenvalue weighted by Crippen LogP contribution is 2.32. The fraction of sp³-hybridized carbons (Fsp3) is 0.280. The van der Waals surface area contributed by atoms with Crippen LogP contribution in [0.3, 0.4) is 0 Å². The number of fused-ring (bicyclic) bond motifs is 2. The zero-order chi connectivity index (χ0) is 21.9. The van der Waals surface area contributed by atoms with Gasteiger partial charge in [-0.15, -0.1) is 0 Å². The van der Waals surface area contributed by atoms with Gasteiger partial charge in [0.15, 0.2) is 5.13 Å². The van der Waals surface area contributed by atoms with Gasteiger partial charge in [-0.3, -0.25) is 14.6 Å². The van der Waals surface area contributed by atoms with Crippen LogP contribution in [0.25, 0.3) is 21.0 Å². The first-order valence-electron chi connectivity index (χ1n) is 10.8. The summed E-state index contributed by atoms with van der Waals surface area (Å²) in [6.07, 6.45) is 0. The van der Waals surface area contributed by atoms with Gasteiger partial charge in [0.1, 0.15) is 5.75 Å². The summed E-state index contributed by atoms with van der Waals surface area (Å²) in [5, 5.41) is 2.89. The molecule has 3 aromatic carbocycles. The number of morpholine rings is 1. The highest BCUT2D eigenvalue weighted by Gasteiger charge is 2.23. The molecule has 164 valence electrons. The number of hydrogen-bond donors (Lipinski definition) is 0. The van der Waals surface area contributed by atoms with Crippen LogP contribution in [0.15, 0.2) is 60.7 Å². The summed E-state index contributed by atoms with van der Waals surface area (Å²) in [5.41, 5.74) is 1.54. The van der Waals surface area contributed by atoms with E-state index in [0.29, 0.717) is 17.2 Å². The van der Waals surface area contributed by atoms with Gasteiger partial charge in [-0.2, -0.15) is 0 Å². The van der Waals surface area contributed by atoms with Crippen molar-refractivity contribution in [2.24, 2.45) is 0 Å². The number of rotatable bonds is 6. The monoisotopic (exact) mass is 447 g/mol. The quantitative estimate of drug-likeness (QED) is 0.438.